The maximum absolute atomic E-state index is 12.7. The molecule has 0 saturated carbocycles. The molecular formula is C20H31ClN2O4. The molecular weight excluding hydrogens is 368 g/mol. The van der Waals surface area contributed by atoms with Crippen LogP contribution in [0.25, 0.3) is 0 Å². The molecule has 1 fully saturated rings. The molecule has 0 aromatic heterocycles. The quantitative estimate of drug-likeness (QED) is 0.633. The third-order valence-corrected chi connectivity index (χ3v) is 5.04. The molecule has 0 aliphatic carbocycles. The van der Waals surface area contributed by atoms with E-state index in [9.17, 15) is 4.79 Å². The van der Waals surface area contributed by atoms with E-state index in [1.165, 1.54) is 0 Å². The molecule has 1 aromatic carbocycles. The van der Waals surface area contributed by atoms with Crippen molar-refractivity contribution in [1.82, 2.24) is 10.6 Å². The standard InChI is InChI=1S/C20H31ClN2O4/c1-4-10-27-18-16(21)11-15(12-17(18)26-5-2)19(24)23-13-20(14-25-3)6-8-22-9-7-20/h11-12,22H,4-10,13-14H2,1-3H3,(H,23,24). The third kappa shape index (κ3) is 5.99. The monoisotopic (exact) mass is 398 g/mol. The van der Waals surface area contributed by atoms with Gasteiger partial charge in [-0.2, -0.15) is 0 Å². The second-order valence-corrected chi connectivity index (χ2v) is 7.34. The summed E-state index contributed by atoms with van der Waals surface area (Å²) in [4.78, 5) is 12.7. The number of carbonyl (C=O) groups excluding carboxylic acids is 1. The fourth-order valence-corrected chi connectivity index (χ4v) is 3.58. The second-order valence-electron chi connectivity index (χ2n) is 6.93. The molecule has 152 valence electrons. The number of carbonyl (C=O) groups is 1. The van der Waals surface area contributed by atoms with Crippen molar-refractivity contribution in [2.75, 3.05) is 46.6 Å². The van der Waals surface area contributed by atoms with Crippen LogP contribution in [0.4, 0.5) is 0 Å². The summed E-state index contributed by atoms with van der Waals surface area (Å²) in [6.45, 7) is 7.97. The van der Waals surface area contributed by atoms with Crippen LogP contribution in [0.1, 0.15) is 43.5 Å². The highest BCUT2D eigenvalue weighted by atomic mass is 35.5. The van der Waals surface area contributed by atoms with Crippen LogP contribution in [0.3, 0.4) is 0 Å². The van der Waals surface area contributed by atoms with Crippen molar-refractivity contribution < 1.29 is 19.0 Å². The summed E-state index contributed by atoms with van der Waals surface area (Å²) in [5.41, 5.74) is 0.431. The number of piperidine rings is 1. The zero-order valence-corrected chi connectivity index (χ0v) is 17.3. The van der Waals surface area contributed by atoms with Gasteiger partial charge in [0, 0.05) is 24.6 Å². The molecule has 0 bridgehead atoms. The number of rotatable bonds is 10. The molecule has 27 heavy (non-hydrogen) atoms. The molecule has 1 saturated heterocycles. The van der Waals surface area contributed by atoms with Crippen molar-refractivity contribution in [3.63, 3.8) is 0 Å². The van der Waals surface area contributed by atoms with Crippen molar-refractivity contribution in [2.24, 2.45) is 5.41 Å². The molecule has 7 heteroatoms. The first-order valence-electron chi connectivity index (χ1n) is 9.62. The molecule has 0 unspecified atom stereocenters. The Morgan fingerprint density at radius 3 is 2.63 bits per heavy atom. The number of benzene rings is 1. The average Bonchev–Trinajstić information content (AvgIpc) is 2.66. The lowest BCUT2D eigenvalue weighted by Gasteiger charge is -2.37. The van der Waals surface area contributed by atoms with Crippen LogP contribution >= 0.6 is 11.6 Å². The van der Waals surface area contributed by atoms with E-state index in [0.717, 1.165) is 32.4 Å². The third-order valence-electron chi connectivity index (χ3n) is 4.76. The van der Waals surface area contributed by atoms with Crippen molar-refractivity contribution in [3.05, 3.63) is 22.7 Å². The van der Waals surface area contributed by atoms with E-state index < -0.39 is 0 Å². The minimum Gasteiger partial charge on any atom is -0.490 e. The summed E-state index contributed by atoms with van der Waals surface area (Å²) in [6.07, 6.45) is 2.80. The van der Waals surface area contributed by atoms with Gasteiger partial charge in [0.1, 0.15) is 0 Å². The van der Waals surface area contributed by atoms with E-state index in [4.69, 9.17) is 25.8 Å². The zero-order valence-electron chi connectivity index (χ0n) is 16.5. The van der Waals surface area contributed by atoms with E-state index in [0.29, 0.717) is 48.5 Å². The number of ether oxygens (including phenoxy) is 3. The molecule has 0 spiro atoms. The Kier molecular flexibility index (Phi) is 8.67. The summed E-state index contributed by atoms with van der Waals surface area (Å²) >= 11 is 6.36. The number of amides is 1. The minimum atomic E-state index is -0.172. The van der Waals surface area contributed by atoms with Crippen molar-refractivity contribution in [3.8, 4) is 11.5 Å². The molecule has 6 nitrogen and oxygen atoms in total. The number of halogens is 1. The number of hydrogen-bond acceptors (Lipinski definition) is 5. The Morgan fingerprint density at radius 2 is 2.00 bits per heavy atom. The Labute approximate surface area is 166 Å². The van der Waals surface area contributed by atoms with Crippen LogP contribution in [-0.4, -0.2) is 52.5 Å². The van der Waals surface area contributed by atoms with Gasteiger partial charge in [-0.1, -0.05) is 18.5 Å². The van der Waals surface area contributed by atoms with Crippen LogP contribution in [-0.2, 0) is 4.74 Å². The first-order valence-corrected chi connectivity index (χ1v) is 10.00. The van der Waals surface area contributed by atoms with Crippen LogP contribution in [0.5, 0.6) is 11.5 Å². The first-order chi connectivity index (χ1) is 13.0. The summed E-state index contributed by atoms with van der Waals surface area (Å²) in [5.74, 6) is 0.817. The largest absolute Gasteiger partial charge is 0.490 e. The second kappa shape index (κ2) is 10.7. The Hall–Kier alpha value is -1.50. The fraction of sp³-hybridized carbons (Fsp3) is 0.650. The molecule has 2 N–H and O–H groups in total. The first kappa shape index (κ1) is 21.8. The maximum Gasteiger partial charge on any atom is 0.251 e. The normalized spacial score (nSPS) is 16.0. The average molecular weight is 399 g/mol. The Bertz CT molecular complexity index is 613. The number of nitrogens with one attached hydrogen (secondary N) is 2. The van der Waals surface area contributed by atoms with E-state index in [2.05, 4.69) is 10.6 Å². The van der Waals surface area contributed by atoms with Gasteiger partial charge in [-0.3, -0.25) is 4.79 Å². The smallest absolute Gasteiger partial charge is 0.251 e. The lowest BCUT2D eigenvalue weighted by Crippen LogP contribution is -2.47. The van der Waals surface area contributed by atoms with Crippen LogP contribution in [0, 0.1) is 5.41 Å². The Balaban J connectivity index is 2.12. The molecule has 0 radical (unpaired) electrons. The van der Waals surface area contributed by atoms with Gasteiger partial charge in [0.2, 0.25) is 0 Å². The van der Waals surface area contributed by atoms with Crippen LogP contribution < -0.4 is 20.1 Å². The van der Waals surface area contributed by atoms with E-state index >= 15 is 0 Å². The van der Waals surface area contributed by atoms with Gasteiger partial charge in [-0.05, 0) is 51.4 Å². The van der Waals surface area contributed by atoms with Gasteiger partial charge in [0.05, 0.1) is 24.8 Å². The lowest BCUT2D eigenvalue weighted by atomic mass is 9.79. The molecule has 1 aliphatic rings. The van der Waals surface area contributed by atoms with Gasteiger partial charge >= 0.3 is 0 Å². The number of methoxy groups -OCH3 is 1. The fourth-order valence-electron chi connectivity index (χ4n) is 3.31. The highest BCUT2D eigenvalue weighted by Crippen LogP contribution is 2.37. The lowest BCUT2D eigenvalue weighted by molar-refractivity contribution is 0.0511. The van der Waals surface area contributed by atoms with E-state index in [-0.39, 0.29) is 11.3 Å². The molecule has 0 atom stereocenters. The maximum atomic E-state index is 12.7. The predicted molar refractivity (Wildman–Crippen MR) is 107 cm³/mol. The highest BCUT2D eigenvalue weighted by molar-refractivity contribution is 6.32. The van der Waals surface area contributed by atoms with Gasteiger partial charge in [-0.15, -0.1) is 0 Å². The number of hydrogen-bond donors (Lipinski definition) is 2. The van der Waals surface area contributed by atoms with Crippen molar-refractivity contribution >= 4 is 17.5 Å². The predicted octanol–water partition coefficient (Wildman–Crippen LogP) is 3.27. The SMILES string of the molecule is CCCOc1c(Cl)cc(C(=O)NCC2(COC)CCNCC2)cc1OCC. The molecule has 1 amide bonds. The highest BCUT2D eigenvalue weighted by Gasteiger charge is 2.32. The minimum absolute atomic E-state index is 0.0353. The molecule has 1 heterocycles. The van der Waals surface area contributed by atoms with Gasteiger partial charge in [0.15, 0.2) is 11.5 Å². The summed E-state index contributed by atoms with van der Waals surface area (Å²) in [7, 11) is 1.70. The summed E-state index contributed by atoms with van der Waals surface area (Å²) in [5, 5.41) is 6.79. The molecule has 1 aliphatic heterocycles. The van der Waals surface area contributed by atoms with Gasteiger partial charge in [0.25, 0.3) is 5.91 Å². The molecule has 2 rings (SSSR count). The van der Waals surface area contributed by atoms with Crippen LogP contribution in [0.15, 0.2) is 12.1 Å². The van der Waals surface area contributed by atoms with Gasteiger partial charge in [-0.25, -0.2) is 0 Å². The summed E-state index contributed by atoms with van der Waals surface area (Å²) < 4.78 is 16.7. The van der Waals surface area contributed by atoms with E-state index in [1.54, 1.807) is 19.2 Å². The summed E-state index contributed by atoms with van der Waals surface area (Å²) in [6, 6.07) is 3.33. The molecule has 1 aromatic rings. The topological polar surface area (TPSA) is 68.8 Å². The zero-order chi connectivity index (χ0) is 19.7. The van der Waals surface area contributed by atoms with Gasteiger partial charge < -0.3 is 24.8 Å². The van der Waals surface area contributed by atoms with E-state index in [1.807, 2.05) is 13.8 Å². The van der Waals surface area contributed by atoms with Crippen molar-refractivity contribution in [1.29, 1.82) is 0 Å². The van der Waals surface area contributed by atoms with Crippen LogP contribution in [0.2, 0.25) is 5.02 Å². The Morgan fingerprint density at radius 1 is 1.26 bits per heavy atom. The van der Waals surface area contributed by atoms with Crippen molar-refractivity contribution in [2.45, 2.75) is 33.1 Å².